The normalized spacial score (nSPS) is 11.3. The first kappa shape index (κ1) is 16.8. The van der Waals surface area contributed by atoms with Crippen LogP contribution in [0.1, 0.15) is 11.3 Å². The molecule has 2 heterocycles. The summed E-state index contributed by atoms with van der Waals surface area (Å²) >= 11 is 0. The van der Waals surface area contributed by atoms with Crippen molar-refractivity contribution in [2.75, 3.05) is 5.43 Å². The van der Waals surface area contributed by atoms with Gasteiger partial charge in [-0.05, 0) is 31.2 Å². The number of para-hydroxylation sites is 2. The molecule has 4 rings (SSSR count). The molecule has 0 aliphatic rings. The van der Waals surface area contributed by atoms with E-state index in [1.165, 1.54) is 0 Å². The van der Waals surface area contributed by atoms with Gasteiger partial charge in [-0.15, -0.1) is 0 Å². The molecule has 134 valence electrons. The summed E-state index contributed by atoms with van der Waals surface area (Å²) in [5.41, 5.74) is 6.73. The van der Waals surface area contributed by atoms with Gasteiger partial charge >= 0.3 is 0 Å². The lowest BCUT2D eigenvalue weighted by atomic mass is 10.2. The molecule has 0 amide bonds. The zero-order valence-corrected chi connectivity index (χ0v) is 15.1. The topological polar surface area (TPSA) is 64.2 Å². The molecule has 0 aliphatic carbocycles. The second kappa shape index (κ2) is 6.92. The van der Waals surface area contributed by atoms with Crippen LogP contribution in [0.15, 0.2) is 76.8 Å². The predicted octanol–water partition coefficient (Wildman–Crippen LogP) is 3.48. The average Bonchev–Trinajstić information content (AvgIpc) is 2.92. The third-order valence-electron chi connectivity index (χ3n) is 4.61. The predicted molar refractivity (Wildman–Crippen MR) is 109 cm³/mol. The number of hydrazone groups is 1. The Kier molecular flexibility index (Phi) is 4.30. The molecule has 4 aromatic rings. The fraction of sp³-hybridized carbons (Fsp3) is 0.0952. The molecule has 2 aromatic carbocycles. The lowest BCUT2D eigenvalue weighted by molar-refractivity contribution is 0.630. The van der Waals surface area contributed by atoms with Gasteiger partial charge in [0.25, 0.3) is 5.56 Å². The van der Waals surface area contributed by atoms with E-state index in [9.17, 15) is 4.79 Å². The number of anilines is 1. The molecular formula is C21H19N5O. The molecule has 1 N–H and O–H groups in total. The molecule has 27 heavy (non-hydrogen) atoms. The first-order chi connectivity index (χ1) is 13.2. The van der Waals surface area contributed by atoms with E-state index in [2.05, 4.69) is 15.5 Å². The molecule has 0 spiro atoms. The van der Waals surface area contributed by atoms with Gasteiger partial charge in [0.15, 0.2) is 0 Å². The SMILES string of the molecule is Cc1c(/C=N\Nc2cccc3cccnc23)c(=O)n(-c2ccccc2)n1C. The highest BCUT2D eigenvalue weighted by Gasteiger charge is 2.14. The number of nitrogens with zero attached hydrogens (tertiary/aromatic N) is 4. The molecule has 0 aliphatic heterocycles. The molecule has 0 fully saturated rings. The van der Waals surface area contributed by atoms with Crippen LogP contribution < -0.4 is 11.0 Å². The Balaban J connectivity index is 1.68. The van der Waals surface area contributed by atoms with E-state index in [0.717, 1.165) is 28.0 Å². The zero-order valence-electron chi connectivity index (χ0n) is 15.1. The Hall–Kier alpha value is -3.67. The van der Waals surface area contributed by atoms with Crippen LogP contribution in [-0.2, 0) is 7.05 Å². The van der Waals surface area contributed by atoms with Crippen LogP contribution in [0.4, 0.5) is 5.69 Å². The first-order valence-electron chi connectivity index (χ1n) is 8.63. The maximum atomic E-state index is 12.9. The summed E-state index contributed by atoms with van der Waals surface area (Å²) in [5.74, 6) is 0. The zero-order chi connectivity index (χ0) is 18.8. The van der Waals surface area contributed by atoms with E-state index < -0.39 is 0 Å². The number of hydrogen-bond donors (Lipinski definition) is 1. The smallest absolute Gasteiger partial charge is 0.280 e. The minimum Gasteiger partial charge on any atom is -0.285 e. The van der Waals surface area contributed by atoms with Crippen molar-refractivity contribution in [3.63, 3.8) is 0 Å². The molecule has 0 saturated heterocycles. The van der Waals surface area contributed by atoms with E-state index in [4.69, 9.17) is 0 Å². The minimum atomic E-state index is -0.109. The Labute approximate surface area is 156 Å². The summed E-state index contributed by atoms with van der Waals surface area (Å²) in [6, 6.07) is 19.3. The highest BCUT2D eigenvalue weighted by atomic mass is 16.1. The first-order valence-corrected chi connectivity index (χ1v) is 8.63. The summed E-state index contributed by atoms with van der Waals surface area (Å²) in [7, 11) is 1.86. The van der Waals surface area contributed by atoms with Crippen molar-refractivity contribution in [1.82, 2.24) is 14.3 Å². The molecule has 0 atom stereocenters. The number of rotatable bonds is 4. The van der Waals surface area contributed by atoms with Crippen molar-refractivity contribution in [3.8, 4) is 5.69 Å². The summed E-state index contributed by atoms with van der Waals surface area (Å²) in [4.78, 5) is 17.3. The Morgan fingerprint density at radius 2 is 1.81 bits per heavy atom. The molecule has 6 nitrogen and oxygen atoms in total. The van der Waals surface area contributed by atoms with Crippen LogP contribution >= 0.6 is 0 Å². The van der Waals surface area contributed by atoms with Gasteiger partial charge in [-0.2, -0.15) is 5.10 Å². The molecule has 2 aromatic heterocycles. The number of pyridine rings is 1. The number of benzene rings is 2. The van der Waals surface area contributed by atoms with Crippen LogP contribution in [0.5, 0.6) is 0 Å². The van der Waals surface area contributed by atoms with Crippen molar-refractivity contribution >= 4 is 22.8 Å². The minimum absolute atomic E-state index is 0.109. The van der Waals surface area contributed by atoms with Gasteiger partial charge in [0.2, 0.25) is 0 Å². The van der Waals surface area contributed by atoms with Crippen LogP contribution in [-0.4, -0.2) is 20.6 Å². The van der Waals surface area contributed by atoms with Crippen LogP contribution in [0.25, 0.3) is 16.6 Å². The second-order valence-corrected chi connectivity index (χ2v) is 6.23. The molecule has 0 radical (unpaired) electrons. The van der Waals surface area contributed by atoms with Crippen molar-refractivity contribution in [1.29, 1.82) is 0 Å². The van der Waals surface area contributed by atoms with Crippen molar-refractivity contribution in [3.05, 3.63) is 88.5 Å². The number of aromatic nitrogens is 3. The number of hydrogen-bond acceptors (Lipinski definition) is 4. The van der Waals surface area contributed by atoms with E-state index in [1.54, 1.807) is 17.1 Å². The van der Waals surface area contributed by atoms with Crippen molar-refractivity contribution < 1.29 is 0 Å². The van der Waals surface area contributed by atoms with E-state index in [-0.39, 0.29) is 5.56 Å². The van der Waals surface area contributed by atoms with E-state index in [0.29, 0.717) is 5.56 Å². The fourth-order valence-electron chi connectivity index (χ4n) is 3.10. The maximum Gasteiger partial charge on any atom is 0.280 e. The van der Waals surface area contributed by atoms with E-state index >= 15 is 0 Å². The quantitative estimate of drug-likeness (QED) is 0.449. The van der Waals surface area contributed by atoms with E-state index in [1.807, 2.05) is 79.3 Å². The van der Waals surface area contributed by atoms with Crippen molar-refractivity contribution in [2.24, 2.45) is 12.1 Å². The molecular weight excluding hydrogens is 338 g/mol. The summed E-state index contributed by atoms with van der Waals surface area (Å²) in [5, 5.41) is 5.32. The lowest BCUT2D eigenvalue weighted by Gasteiger charge is -2.07. The largest absolute Gasteiger partial charge is 0.285 e. The monoisotopic (exact) mass is 357 g/mol. The molecule has 0 bridgehead atoms. The number of nitrogens with one attached hydrogen (secondary N) is 1. The third-order valence-corrected chi connectivity index (χ3v) is 4.61. The van der Waals surface area contributed by atoms with Crippen LogP contribution in [0, 0.1) is 6.92 Å². The Morgan fingerprint density at radius 1 is 1.04 bits per heavy atom. The summed E-state index contributed by atoms with van der Waals surface area (Å²) in [6.45, 7) is 1.90. The van der Waals surface area contributed by atoms with Gasteiger partial charge in [0.05, 0.1) is 28.7 Å². The second-order valence-electron chi connectivity index (χ2n) is 6.23. The highest BCUT2D eigenvalue weighted by molar-refractivity contribution is 5.90. The lowest BCUT2D eigenvalue weighted by Crippen LogP contribution is -2.20. The van der Waals surface area contributed by atoms with Gasteiger partial charge in [-0.25, -0.2) is 4.68 Å². The highest BCUT2D eigenvalue weighted by Crippen LogP contribution is 2.20. The van der Waals surface area contributed by atoms with Gasteiger partial charge in [-0.1, -0.05) is 36.4 Å². The standard InChI is InChI=1S/C21H19N5O/c1-15-18(21(27)26(25(15)2)17-10-4-3-5-11-17)14-23-24-19-12-6-8-16-9-7-13-22-20(16)19/h3-14,24H,1-2H3/b23-14-. The molecule has 6 heteroatoms. The van der Waals surface area contributed by atoms with Gasteiger partial charge < -0.3 is 0 Å². The fourth-order valence-corrected chi connectivity index (χ4v) is 3.10. The molecule has 0 saturated carbocycles. The van der Waals surface area contributed by atoms with Gasteiger partial charge in [0.1, 0.15) is 0 Å². The third kappa shape index (κ3) is 3.01. The summed E-state index contributed by atoms with van der Waals surface area (Å²) in [6.07, 6.45) is 3.32. The Morgan fingerprint density at radius 3 is 2.63 bits per heavy atom. The summed E-state index contributed by atoms with van der Waals surface area (Å²) < 4.78 is 3.47. The number of fused-ring (bicyclic) bond motifs is 1. The van der Waals surface area contributed by atoms with Crippen molar-refractivity contribution in [2.45, 2.75) is 6.92 Å². The van der Waals surface area contributed by atoms with Gasteiger partial charge in [-0.3, -0.25) is 19.9 Å². The van der Waals surface area contributed by atoms with Crippen LogP contribution in [0.3, 0.4) is 0 Å². The Bertz CT molecular complexity index is 1180. The van der Waals surface area contributed by atoms with Gasteiger partial charge in [0, 0.05) is 24.3 Å². The average molecular weight is 357 g/mol. The molecule has 0 unspecified atom stereocenters. The maximum absolute atomic E-state index is 12.9. The van der Waals surface area contributed by atoms with Crippen LogP contribution in [0.2, 0.25) is 0 Å².